The van der Waals surface area contributed by atoms with Crippen molar-refractivity contribution in [2.24, 2.45) is 56.2 Å². The zero-order valence-corrected chi connectivity index (χ0v) is 33.5. The number of ketones is 1. The van der Waals surface area contributed by atoms with E-state index in [1.54, 1.807) is 13.8 Å². The number of carboxylic acids is 1. The molecule has 0 spiro atoms. The van der Waals surface area contributed by atoms with Crippen LogP contribution in [-0.4, -0.2) is 45.4 Å². The Bertz CT molecular complexity index is 1650. The van der Waals surface area contributed by atoms with Crippen LogP contribution >= 0.6 is 0 Å². The molecule has 8 heteroatoms. The Kier molecular flexibility index (Phi) is 9.03. The molecule has 8 nitrogen and oxygen atoms in total. The summed E-state index contributed by atoms with van der Waals surface area (Å²) < 4.78 is 6.19. The fourth-order valence-electron chi connectivity index (χ4n) is 13.6. The fraction of sp³-hybridized carbons (Fsp3) is 0.795. The van der Waals surface area contributed by atoms with Crippen LogP contribution in [0.1, 0.15) is 152 Å². The molecule has 1 heterocycles. The SMILES string of the molecule is CC(C)C1=C2[C@H]3CCC4[C@@]5(C)CC[C@H](OC(=O)CC(C)(C)C(=O)O)C(C)(C)[C@@H]5CC[C@@]4(C)[C@]3(C)CC[C@@]2(CCNC2(c3ncccn3)CC2)CC1=O. The molecule has 286 valence electrons. The lowest BCUT2D eigenvalue weighted by atomic mass is 9.33. The average Bonchev–Trinajstić information content (AvgIpc) is 3.79. The van der Waals surface area contributed by atoms with E-state index in [2.05, 4.69) is 63.8 Å². The van der Waals surface area contributed by atoms with Crippen molar-refractivity contribution >= 4 is 17.7 Å². The highest BCUT2D eigenvalue weighted by atomic mass is 16.5. The summed E-state index contributed by atoms with van der Waals surface area (Å²) in [6, 6.07) is 1.88. The number of Topliss-reactive ketones (excluding diaryl/α,β-unsaturated/α-hetero) is 1. The number of carboxylic acid groups (broad SMARTS) is 1. The third kappa shape index (κ3) is 5.56. The number of carbonyl (C=O) groups excluding carboxylic acids is 2. The lowest BCUT2D eigenvalue weighted by molar-refractivity contribution is -0.233. The molecule has 1 aromatic rings. The van der Waals surface area contributed by atoms with Crippen LogP contribution in [0.25, 0.3) is 0 Å². The molecule has 1 aromatic heterocycles. The molecule has 1 unspecified atom stereocenters. The van der Waals surface area contributed by atoms with E-state index in [1.165, 1.54) is 12.0 Å². The predicted molar refractivity (Wildman–Crippen MR) is 201 cm³/mol. The lowest BCUT2D eigenvalue weighted by Crippen LogP contribution is -2.65. The van der Waals surface area contributed by atoms with Crippen LogP contribution in [0.3, 0.4) is 0 Å². The van der Waals surface area contributed by atoms with Gasteiger partial charge in [-0.2, -0.15) is 0 Å². The average molecular weight is 716 g/mol. The predicted octanol–water partition coefficient (Wildman–Crippen LogP) is 8.84. The summed E-state index contributed by atoms with van der Waals surface area (Å²) in [7, 11) is 0. The van der Waals surface area contributed by atoms with Crippen LogP contribution in [-0.2, 0) is 24.7 Å². The molecule has 7 rings (SSSR count). The Balaban J connectivity index is 1.13. The molecule has 0 radical (unpaired) electrons. The molecular weight excluding hydrogens is 651 g/mol. The van der Waals surface area contributed by atoms with Gasteiger partial charge in [0.05, 0.1) is 17.4 Å². The number of hydrogen-bond donors (Lipinski definition) is 2. The van der Waals surface area contributed by atoms with Crippen molar-refractivity contribution in [3.63, 3.8) is 0 Å². The van der Waals surface area contributed by atoms with E-state index in [1.807, 2.05) is 18.5 Å². The van der Waals surface area contributed by atoms with E-state index in [9.17, 15) is 19.5 Å². The van der Waals surface area contributed by atoms with E-state index < -0.39 is 17.4 Å². The van der Waals surface area contributed by atoms with Crippen LogP contribution in [0.2, 0.25) is 0 Å². The van der Waals surface area contributed by atoms with Gasteiger partial charge in [0.15, 0.2) is 5.78 Å². The highest BCUT2D eigenvalue weighted by molar-refractivity contribution is 6.00. The van der Waals surface area contributed by atoms with Crippen LogP contribution in [0.5, 0.6) is 0 Å². The van der Waals surface area contributed by atoms with Crippen LogP contribution in [0.15, 0.2) is 29.6 Å². The number of allylic oxidation sites excluding steroid dienone is 2. The van der Waals surface area contributed by atoms with Crippen molar-refractivity contribution < 1.29 is 24.2 Å². The number of nitrogens with one attached hydrogen (secondary N) is 1. The number of aromatic nitrogens is 2. The maximum absolute atomic E-state index is 14.1. The normalized spacial score (nSPS) is 38.9. The van der Waals surface area contributed by atoms with Crippen molar-refractivity contribution in [1.82, 2.24) is 15.3 Å². The molecule has 0 aliphatic heterocycles. The quantitative estimate of drug-likeness (QED) is 0.231. The van der Waals surface area contributed by atoms with Crippen molar-refractivity contribution in [1.29, 1.82) is 0 Å². The largest absolute Gasteiger partial charge is 0.481 e. The third-order valence-corrected chi connectivity index (χ3v) is 16.8. The van der Waals surface area contributed by atoms with Crippen LogP contribution in [0.4, 0.5) is 0 Å². The topological polar surface area (TPSA) is 118 Å². The number of carbonyl (C=O) groups is 3. The minimum atomic E-state index is -1.15. The van der Waals surface area contributed by atoms with Gasteiger partial charge in [-0.05, 0) is 143 Å². The van der Waals surface area contributed by atoms with Gasteiger partial charge in [-0.3, -0.25) is 14.4 Å². The molecule has 0 aromatic carbocycles. The maximum Gasteiger partial charge on any atom is 0.309 e. The molecule has 6 aliphatic carbocycles. The molecule has 0 amide bonds. The van der Waals surface area contributed by atoms with Gasteiger partial charge >= 0.3 is 11.9 Å². The van der Waals surface area contributed by atoms with Gasteiger partial charge in [-0.25, -0.2) is 9.97 Å². The Morgan fingerprint density at radius 3 is 2.25 bits per heavy atom. The minimum absolute atomic E-state index is 0.0646. The lowest BCUT2D eigenvalue weighted by Gasteiger charge is -2.72. The fourth-order valence-corrected chi connectivity index (χ4v) is 13.6. The number of hydrogen-bond acceptors (Lipinski definition) is 7. The third-order valence-electron chi connectivity index (χ3n) is 16.8. The number of rotatable bonds is 10. The zero-order valence-electron chi connectivity index (χ0n) is 33.5. The van der Waals surface area contributed by atoms with Crippen molar-refractivity contribution in [2.45, 2.75) is 157 Å². The monoisotopic (exact) mass is 715 g/mol. The Labute approximate surface area is 312 Å². The number of fused-ring (bicyclic) bond motifs is 7. The van der Waals surface area contributed by atoms with E-state index in [-0.39, 0.29) is 51.1 Å². The molecular formula is C44H65N3O5. The highest BCUT2D eigenvalue weighted by Crippen LogP contribution is 2.77. The number of ether oxygens (including phenoxy) is 1. The molecule has 5 fully saturated rings. The standard InChI is InChI=1S/C44H65N3O5/c1-27(2)34-29(48)25-43(21-24-47-44(19-20-44)36-45-22-10-23-46-36)18-17-41(8)28(35(34)43)11-12-31-40(7)15-14-32(52-33(49)26-38(3,4)37(50)51)39(5,6)30(40)13-16-42(31,41)9/h10,22-23,27-28,30-32,47H,11-21,24-26H2,1-9H3,(H,50,51)/t28-,30+,31?,32+,40+,41-,42-,43-/m1/s1. The second kappa shape index (κ2) is 12.5. The number of nitrogens with zero attached hydrogens (tertiary/aromatic N) is 2. The van der Waals surface area contributed by atoms with Gasteiger partial charge in [-0.1, -0.05) is 54.0 Å². The van der Waals surface area contributed by atoms with Gasteiger partial charge < -0.3 is 15.2 Å². The number of aliphatic carboxylic acids is 1. The molecule has 2 N–H and O–H groups in total. The summed E-state index contributed by atoms with van der Waals surface area (Å²) in [6.45, 7) is 20.9. The van der Waals surface area contributed by atoms with Gasteiger partial charge in [-0.15, -0.1) is 0 Å². The first-order chi connectivity index (χ1) is 24.3. The number of esters is 1. The molecule has 0 saturated heterocycles. The Morgan fingerprint density at radius 2 is 1.62 bits per heavy atom. The second-order valence-corrected chi connectivity index (χ2v) is 20.5. The molecule has 5 saturated carbocycles. The molecule has 6 aliphatic rings. The summed E-state index contributed by atoms with van der Waals surface area (Å²) in [5.74, 6) is 1.53. The Hall–Kier alpha value is -2.61. The summed E-state index contributed by atoms with van der Waals surface area (Å²) >= 11 is 0. The van der Waals surface area contributed by atoms with Crippen LogP contribution < -0.4 is 5.32 Å². The van der Waals surface area contributed by atoms with Gasteiger partial charge in [0.25, 0.3) is 0 Å². The molecule has 52 heavy (non-hydrogen) atoms. The summed E-state index contributed by atoms with van der Waals surface area (Å²) in [5, 5.41) is 13.5. The minimum Gasteiger partial charge on any atom is -0.481 e. The van der Waals surface area contributed by atoms with Gasteiger partial charge in [0.1, 0.15) is 11.9 Å². The Morgan fingerprint density at radius 1 is 0.923 bits per heavy atom. The van der Waals surface area contributed by atoms with E-state index in [0.717, 1.165) is 82.2 Å². The molecule has 8 atom stereocenters. The highest BCUT2D eigenvalue weighted by Gasteiger charge is 2.70. The van der Waals surface area contributed by atoms with E-state index in [4.69, 9.17) is 4.74 Å². The van der Waals surface area contributed by atoms with Crippen LogP contribution in [0, 0.1) is 56.2 Å². The first-order valence-electron chi connectivity index (χ1n) is 20.5. The van der Waals surface area contributed by atoms with E-state index in [0.29, 0.717) is 30.0 Å². The van der Waals surface area contributed by atoms with Gasteiger partial charge in [0.2, 0.25) is 0 Å². The van der Waals surface area contributed by atoms with Crippen molar-refractivity contribution in [3.05, 3.63) is 35.4 Å². The summed E-state index contributed by atoms with van der Waals surface area (Å²) in [6.07, 6.45) is 15.7. The smallest absolute Gasteiger partial charge is 0.309 e. The summed E-state index contributed by atoms with van der Waals surface area (Å²) in [4.78, 5) is 48.1. The van der Waals surface area contributed by atoms with Crippen molar-refractivity contribution in [3.8, 4) is 0 Å². The second-order valence-electron chi connectivity index (χ2n) is 20.5. The van der Waals surface area contributed by atoms with Gasteiger partial charge in [0, 0.05) is 29.6 Å². The maximum atomic E-state index is 14.1. The summed E-state index contributed by atoms with van der Waals surface area (Å²) in [5.41, 5.74) is 1.51. The molecule has 0 bridgehead atoms. The first-order valence-corrected chi connectivity index (χ1v) is 20.5. The van der Waals surface area contributed by atoms with Crippen molar-refractivity contribution in [2.75, 3.05) is 6.54 Å². The first kappa shape index (κ1) is 37.7. The zero-order chi connectivity index (χ0) is 37.7. The van der Waals surface area contributed by atoms with E-state index >= 15 is 0 Å².